The number of ether oxygens (including phenoxy) is 1. The maximum Gasteiger partial charge on any atom is 0.0489 e. The summed E-state index contributed by atoms with van der Waals surface area (Å²) in [5.41, 5.74) is 2.63. The third kappa shape index (κ3) is 2.22. The zero-order valence-electron chi connectivity index (χ0n) is 10.3. The minimum atomic E-state index is 0.758. The van der Waals surface area contributed by atoms with Crippen molar-refractivity contribution in [3.05, 3.63) is 36.0 Å². The highest BCUT2D eigenvalue weighted by Crippen LogP contribution is 2.22. The Labute approximate surface area is 102 Å². The Hall–Kier alpha value is -1.28. The van der Waals surface area contributed by atoms with Crippen molar-refractivity contribution in [2.45, 2.75) is 26.3 Å². The first-order chi connectivity index (χ1) is 8.33. The van der Waals surface area contributed by atoms with Gasteiger partial charge in [0.25, 0.3) is 0 Å². The molecule has 0 spiro atoms. The molecule has 1 aliphatic heterocycles. The molecule has 2 nitrogen and oxygen atoms in total. The Balaban J connectivity index is 1.86. The van der Waals surface area contributed by atoms with Gasteiger partial charge >= 0.3 is 0 Å². The molecular weight excluding hydrogens is 210 g/mol. The van der Waals surface area contributed by atoms with Crippen LogP contribution in [0.25, 0.3) is 10.9 Å². The topological polar surface area (TPSA) is 14.2 Å². The van der Waals surface area contributed by atoms with Crippen LogP contribution in [0.3, 0.4) is 0 Å². The van der Waals surface area contributed by atoms with Crippen LogP contribution < -0.4 is 0 Å². The van der Waals surface area contributed by atoms with Gasteiger partial charge < -0.3 is 9.30 Å². The van der Waals surface area contributed by atoms with Gasteiger partial charge in [0.05, 0.1) is 0 Å². The number of aryl methyl sites for hydroxylation is 1. The number of hydrogen-bond acceptors (Lipinski definition) is 1. The van der Waals surface area contributed by atoms with Gasteiger partial charge in [-0.25, -0.2) is 0 Å². The molecule has 89 valence electrons. The van der Waals surface area contributed by atoms with Crippen LogP contribution in [-0.2, 0) is 11.3 Å². The standard InChI is InChI=1S/C15H18NO/c1-12-2-3-14-4-7-16(15(14)10-12)11-13-5-8-17-9-6-13/h2-3,7,10,13H,5-6,8-9,11H2,1H3. The predicted molar refractivity (Wildman–Crippen MR) is 69.1 cm³/mol. The molecule has 17 heavy (non-hydrogen) atoms. The number of nitrogens with zero attached hydrogens (tertiary/aromatic N) is 1. The average Bonchev–Trinajstić information content (AvgIpc) is 2.73. The quantitative estimate of drug-likeness (QED) is 0.770. The molecule has 3 rings (SSSR count). The van der Waals surface area contributed by atoms with Gasteiger partial charge in [-0.3, -0.25) is 0 Å². The Bertz CT molecular complexity index is 509. The highest BCUT2D eigenvalue weighted by Gasteiger charge is 2.15. The molecule has 1 fully saturated rings. The molecule has 1 saturated heterocycles. The fraction of sp³-hybridized carbons (Fsp3) is 0.467. The minimum Gasteiger partial charge on any atom is -0.381 e. The monoisotopic (exact) mass is 228 g/mol. The van der Waals surface area contributed by atoms with Crippen molar-refractivity contribution in [1.29, 1.82) is 0 Å². The van der Waals surface area contributed by atoms with Crippen LogP contribution in [0.1, 0.15) is 18.4 Å². The van der Waals surface area contributed by atoms with Crippen LogP contribution in [-0.4, -0.2) is 17.8 Å². The van der Waals surface area contributed by atoms with Crippen LogP contribution in [0.2, 0.25) is 0 Å². The first-order valence-electron chi connectivity index (χ1n) is 6.38. The second kappa shape index (κ2) is 4.53. The van der Waals surface area contributed by atoms with E-state index in [1.54, 1.807) is 0 Å². The smallest absolute Gasteiger partial charge is 0.0489 e. The van der Waals surface area contributed by atoms with Crippen molar-refractivity contribution in [2.24, 2.45) is 5.92 Å². The molecule has 1 aromatic carbocycles. The Morgan fingerprint density at radius 1 is 1.35 bits per heavy atom. The molecule has 2 heterocycles. The molecular formula is C15H18NO. The van der Waals surface area contributed by atoms with Crippen LogP contribution in [0.15, 0.2) is 24.4 Å². The average molecular weight is 228 g/mol. The van der Waals surface area contributed by atoms with E-state index in [9.17, 15) is 0 Å². The zero-order chi connectivity index (χ0) is 11.7. The first-order valence-corrected chi connectivity index (χ1v) is 6.38. The van der Waals surface area contributed by atoms with Crippen molar-refractivity contribution in [1.82, 2.24) is 4.57 Å². The van der Waals surface area contributed by atoms with Crippen molar-refractivity contribution >= 4 is 10.9 Å². The molecule has 2 heteroatoms. The molecule has 0 atom stereocenters. The fourth-order valence-corrected chi connectivity index (χ4v) is 2.58. The van der Waals surface area contributed by atoms with E-state index >= 15 is 0 Å². The van der Waals surface area contributed by atoms with Gasteiger partial charge in [-0.15, -0.1) is 0 Å². The van der Waals surface area contributed by atoms with Gasteiger partial charge in [0, 0.05) is 42.9 Å². The highest BCUT2D eigenvalue weighted by atomic mass is 16.5. The summed E-state index contributed by atoms with van der Waals surface area (Å²) < 4.78 is 7.75. The van der Waals surface area contributed by atoms with Gasteiger partial charge in [0.1, 0.15) is 0 Å². The van der Waals surface area contributed by atoms with Gasteiger partial charge in [-0.05, 0) is 37.3 Å². The van der Waals surface area contributed by atoms with Gasteiger partial charge in [-0.2, -0.15) is 0 Å². The molecule has 1 radical (unpaired) electrons. The van der Waals surface area contributed by atoms with Crippen molar-refractivity contribution < 1.29 is 4.74 Å². The molecule has 1 aliphatic rings. The lowest BCUT2D eigenvalue weighted by molar-refractivity contribution is 0.0616. The van der Waals surface area contributed by atoms with E-state index in [0.29, 0.717) is 0 Å². The summed E-state index contributed by atoms with van der Waals surface area (Å²) in [6.07, 6.45) is 4.47. The van der Waals surface area contributed by atoms with E-state index in [4.69, 9.17) is 4.74 Å². The summed E-state index contributed by atoms with van der Waals surface area (Å²) >= 11 is 0. The zero-order valence-corrected chi connectivity index (χ0v) is 10.3. The normalized spacial score (nSPS) is 17.7. The van der Waals surface area contributed by atoms with Gasteiger partial charge in [-0.1, -0.05) is 12.1 Å². The van der Waals surface area contributed by atoms with Crippen molar-refractivity contribution in [2.75, 3.05) is 13.2 Å². The van der Waals surface area contributed by atoms with Crippen LogP contribution >= 0.6 is 0 Å². The maximum absolute atomic E-state index is 5.41. The summed E-state index contributed by atoms with van der Waals surface area (Å²) in [6, 6.07) is 9.90. The summed E-state index contributed by atoms with van der Waals surface area (Å²) in [4.78, 5) is 0. The van der Waals surface area contributed by atoms with Crippen LogP contribution in [0, 0.1) is 18.9 Å². The van der Waals surface area contributed by atoms with Crippen LogP contribution in [0.4, 0.5) is 0 Å². The predicted octanol–water partition coefficient (Wildman–Crippen LogP) is 3.18. The summed E-state index contributed by atoms with van der Waals surface area (Å²) in [7, 11) is 0. The minimum absolute atomic E-state index is 0.758. The molecule has 0 unspecified atom stereocenters. The third-order valence-electron chi connectivity index (χ3n) is 3.63. The molecule has 0 aliphatic carbocycles. The van der Waals surface area contributed by atoms with Gasteiger partial charge in [0.15, 0.2) is 0 Å². The lowest BCUT2D eigenvalue weighted by Crippen LogP contribution is -2.20. The van der Waals surface area contributed by atoms with E-state index in [-0.39, 0.29) is 0 Å². The Kier molecular flexibility index (Phi) is 2.89. The second-order valence-electron chi connectivity index (χ2n) is 5.00. The van der Waals surface area contributed by atoms with E-state index in [1.165, 1.54) is 29.3 Å². The Morgan fingerprint density at radius 2 is 2.18 bits per heavy atom. The van der Waals surface area contributed by atoms with E-state index in [2.05, 4.69) is 42.0 Å². The largest absolute Gasteiger partial charge is 0.381 e. The van der Waals surface area contributed by atoms with Crippen molar-refractivity contribution in [3.63, 3.8) is 0 Å². The number of rotatable bonds is 2. The molecule has 0 N–H and O–H groups in total. The molecule has 0 amide bonds. The van der Waals surface area contributed by atoms with Crippen LogP contribution in [0.5, 0.6) is 0 Å². The van der Waals surface area contributed by atoms with E-state index in [0.717, 1.165) is 25.7 Å². The van der Waals surface area contributed by atoms with E-state index < -0.39 is 0 Å². The van der Waals surface area contributed by atoms with E-state index in [1.807, 2.05) is 0 Å². The number of fused-ring (bicyclic) bond motifs is 1. The SMILES string of the molecule is Cc1ccc2[c]cn(CC3CCOCC3)c2c1. The summed E-state index contributed by atoms with van der Waals surface area (Å²) in [6.45, 7) is 5.09. The first kappa shape index (κ1) is 10.8. The molecule has 1 aromatic heterocycles. The lowest BCUT2D eigenvalue weighted by atomic mass is 10.0. The fourth-order valence-electron chi connectivity index (χ4n) is 2.58. The molecule has 2 aromatic rings. The summed E-state index contributed by atoms with van der Waals surface area (Å²) in [5, 5.41) is 1.22. The summed E-state index contributed by atoms with van der Waals surface area (Å²) in [5.74, 6) is 0.758. The highest BCUT2D eigenvalue weighted by molar-refractivity contribution is 5.80. The lowest BCUT2D eigenvalue weighted by Gasteiger charge is -2.22. The number of benzene rings is 1. The third-order valence-corrected chi connectivity index (χ3v) is 3.63. The van der Waals surface area contributed by atoms with Gasteiger partial charge in [0.2, 0.25) is 0 Å². The molecule has 0 saturated carbocycles. The molecule has 0 bridgehead atoms. The Morgan fingerprint density at radius 3 is 3.00 bits per heavy atom. The second-order valence-corrected chi connectivity index (χ2v) is 5.00. The number of hydrogen-bond donors (Lipinski definition) is 0. The number of aromatic nitrogens is 1. The van der Waals surface area contributed by atoms with Crippen molar-refractivity contribution in [3.8, 4) is 0 Å². The maximum atomic E-state index is 5.41.